The maximum Gasteiger partial charge on any atom is 0.293 e. The first-order valence-electron chi connectivity index (χ1n) is 10.5. The lowest BCUT2D eigenvalue weighted by Crippen LogP contribution is -2.48. The first kappa shape index (κ1) is 22.3. The fourth-order valence-electron chi connectivity index (χ4n) is 3.75. The molecule has 2 aromatic rings. The monoisotopic (exact) mass is 424 g/mol. The first-order valence-corrected chi connectivity index (χ1v) is 10.5. The molecular weight excluding hydrogens is 396 g/mol. The van der Waals surface area contributed by atoms with Gasteiger partial charge in [0.05, 0.1) is 11.0 Å². The second-order valence-corrected chi connectivity index (χ2v) is 7.74. The van der Waals surface area contributed by atoms with Crippen molar-refractivity contribution < 1.29 is 14.5 Å². The van der Waals surface area contributed by atoms with Gasteiger partial charge in [-0.2, -0.15) is 0 Å². The van der Waals surface area contributed by atoms with Gasteiger partial charge in [0.2, 0.25) is 5.91 Å². The van der Waals surface area contributed by atoms with E-state index in [4.69, 9.17) is 0 Å². The molecule has 1 N–H and O–H groups in total. The number of nitrogens with one attached hydrogen (secondary N) is 1. The van der Waals surface area contributed by atoms with E-state index in [0.717, 1.165) is 12.0 Å². The summed E-state index contributed by atoms with van der Waals surface area (Å²) < 4.78 is 0. The van der Waals surface area contributed by atoms with Crippen molar-refractivity contribution in [2.24, 2.45) is 0 Å². The molecule has 1 heterocycles. The Morgan fingerprint density at radius 2 is 1.74 bits per heavy atom. The number of nitro benzene ring substituents is 1. The van der Waals surface area contributed by atoms with Gasteiger partial charge in [-0.05, 0) is 36.6 Å². The van der Waals surface area contributed by atoms with Gasteiger partial charge in [0.15, 0.2) is 0 Å². The summed E-state index contributed by atoms with van der Waals surface area (Å²) in [6.45, 7) is 7.54. The molecule has 1 aliphatic heterocycles. The van der Waals surface area contributed by atoms with Crippen molar-refractivity contribution in [1.82, 2.24) is 10.2 Å². The number of benzene rings is 2. The van der Waals surface area contributed by atoms with E-state index in [1.165, 1.54) is 18.6 Å². The molecule has 1 atom stereocenters. The summed E-state index contributed by atoms with van der Waals surface area (Å²) in [7, 11) is 0. The number of piperazine rings is 1. The van der Waals surface area contributed by atoms with Crippen LogP contribution in [0.1, 0.15) is 48.3 Å². The average molecular weight is 425 g/mol. The van der Waals surface area contributed by atoms with Crippen molar-refractivity contribution in [3.05, 3.63) is 69.3 Å². The second-order valence-electron chi connectivity index (χ2n) is 7.74. The van der Waals surface area contributed by atoms with Gasteiger partial charge in [-0.3, -0.25) is 19.7 Å². The van der Waals surface area contributed by atoms with Crippen molar-refractivity contribution in [2.45, 2.75) is 33.2 Å². The SMILES string of the molecule is CCc1ccc(C(C)NC(=O)c2ccc(N3CCN(C(C)=O)CC3)c([N+](=O)[O-])c2)cc1. The Labute approximate surface area is 182 Å². The molecule has 164 valence electrons. The number of carbonyl (C=O) groups excluding carboxylic acids is 2. The molecule has 0 saturated carbocycles. The Bertz CT molecular complexity index is 966. The van der Waals surface area contributed by atoms with Crippen LogP contribution in [0.5, 0.6) is 0 Å². The smallest absolute Gasteiger partial charge is 0.293 e. The lowest BCUT2D eigenvalue weighted by molar-refractivity contribution is -0.384. The van der Waals surface area contributed by atoms with E-state index >= 15 is 0 Å². The summed E-state index contributed by atoms with van der Waals surface area (Å²) in [5.41, 5.74) is 2.80. The standard InChI is InChI=1S/C23H28N4O4/c1-4-18-5-7-19(8-6-18)16(2)24-23(29)20-9-10-21(22(15-20)27(30)31)26-13-11-25(12-14-26)17(3)28/h5-10,15-16H,4,11-14H2,1-3H3,(H,24,29). The molecule has 0 aromatic heterocycles. The largest absolute Gasteiger partial charge is 0.362 e. The molecule has 0 bridgehead atoms. The molecule has 1 saturated heterocycles. The van der Waals surface area contributed by atoms with Crippen LogP contribution in [0.4, 0.5) is 11.4 Å². The molecule has 1 unspecified atom stereocenters. The maximum atomic E-state index is 12.7. The third kappa shape index (κ3) is 5.20. The van der Waals surface area contributed by atoms with Crippen molar-refractivity contribution in [3.63, 3.8) is 0 Å². The molecule has 1 fully saturated rings. The number of amides is 2. The predicted octanol–water partition coefficient (Wildman–Crippen LogP) is 3.32. The average Bonchev–Trinajstić information content (AvgIpc) is 2.78. The van der Waals surface area contributed by atoms with E-state index in [0.29, 0.717) is 31.9 Å². The number of hydrogen-bond donors (Lipinski definition) is 1. The quantitative estimate of drug-likeness (QED) is 0.567. The van der Waals surface area contributed by atoms with Crippen LogP contribution in [0.3, 0.4) is 0 Å². The van der Waals surface area contributed by atoms with E-state index in [9.17, 15) is 19.7 Å². The molecule has 8 heteroatoms. The van der Waals surface area contributed by atoms with Gasteiger partial charge < -0.3 is 15.1 Å². The van der Waals surface area contributed by atoms with Crippen molar-refractivity contribution in [1.29, 1.82) is 0 Å². The van der Waals surface area contributed by atoms with E-state index in [-0.39, 0.29) is 29.1 Å². The minimum Gasteiger partial charge on any atom is -0.362 e. The molecule has 8 nitrogen and oxygen atoms in total. The zero-order chi connectivity index (χ0) is 22.5. The Morgan fingerprint density at radius 1 is 1.10 bits per heavy atom. The molecule has 1 aliphatic rings. The highest BCUT2D eigenvalue weighted by molar-refractivity contribution is 5.96. The molecule has 2 amide bonds. The molecule has 31 heavy (non-hydrogen) atoms. The molecule has 0 spiro atoms. The van der Waals surface area contributed by atoms with Crippen LogP contribution in [0.15, 0.2) is 42.5 Å². The van der Waals surface area contributed by atoms with Gasteiger partial charge in [0.25, 0.3) is 11.6 Å². The van der Waals surface area contributed by atoms with Crippen LogP contribution in [0.2, 0.25) is 0 Å². The van der Waals surface area contributed by atoms with Crippen LogP contribution < -0.4 is 10.2 Å². The van der Waals surface area contributed by atoms with Crippen molar-refractivity contribution in [3.8, 4) is 0 Å². The lowest BCUT2D eigenvalue weighted by atomic mass is 10.0. The molecule has 2 aromatic carbocycles. The number of rotatable bonds is 6. The highest BCUT2D eigenvalue weighted by Crippen LogP contribution is 2.30. The Hall–Kier alpha value is -3.42. The topological polar surface area (TPSA) is 95.8 Å². The van der Waals surface area contributed by atoms with Gasteiger partial charge in [-0.25, -0.2) is 0 Å². The Kier molecular flexibility index (Phi) is 6.89. The van der Waals surface area contributed by atoms with Crippen LogP contribution >= 0.6 is 0 Å². The van der Waals surface area contributed by atoms with Crippen LogP contribution in [-0.4, -0.2) is 47.8 Å². The summed E-state index contributed by atoms with van der Waals surface area (Å²) in [4.78, 5) is 39.1. The molecule has 0 aliphatic carbocycles. The van der Waals surface area contributed by atoms with Crippen LogP contribution in [0.25, 0.3) is 0 Å². The van der Waals surface area contributed by atoms with Gasteiger partial charge in [-0.15, -0.1) is 0 Å². The van der Waals surface area contributed by atoms with Gasteiger partial charge in [0, 0.05) is 44.7 Å². The highest BCUT2D eigenvalue weighted by Gasteiger charge is 2.26. The number of nitrogens with zero attached hydrogens (tertiary/aromatic N) is 3. The van der Waals surface area contributed by atoms with E-state index in [1.54, 1.807) is 17.0 Å². The third-order valence-electron chi connectivity index (χ3n) is 5.74. The number of hydrogen-bond acceptors (Lipinski definition) is 5. The van der Waals surface area contributed by atoms with E-state index in [2.05, 4.69) is 12.2 Å². The van der Waals surface area contributed by atoms with E-state index < -0.39 is 4.92 Å². The number of carbonyl (C=O) groups is 2. The summed E-state index contributed by atoms with van der Waals surface area (Å²) >= 11 is 0. The first-order chi connectivity index (χ1) is 14.8. The zero-order valence-electron chi connectivity index (χ0n) is 18.1. The second kappa shape index (κ2) is 9.59. The maximum absolute atomic E-state index is 12.7. The highest BCUT2D eigenvalue weighted by atomic mass is 16.6. The predicted molar refractivity (Wildman–Crippen MR) is 119 cm³/mol. The summed E-state index contributed by atoms with van der Waals surface area (Å²) in [5, 5.41) is 14.6. The summed E-state index contributed by atoms with van der Waals surface area (Å²) in [5.74, 6) is -0.359. The Morgan fingerprint density at radius 3 is 2.29 bits per heavy atom. The normalized spacial score (nSPS) is 14.8. The third-order valence-corrected chi connectivity index (χ3v) is 5.74. The zero-order valence-corrected chi connectivity index (χ0v) is 18.1. The minimum absolute atomic E-state index is 0.000349. The van der Waals surface area contributed by atoms with Crippen LogP contribution in [-0.2, 0) is 11.2 Å². The molecule has 0 radical (unpaired) electrons. The van der Waals surface area contributed by atoms with Gasteiger partial charge >= 0.3 is 0 Å². The number of aryl methyl sites for hydroxylation is 1. The van der Waals surface area contributed by atoms with E-state index in [1.807, 2.05) is 36.1 Å². The fourth-order valence-corrected chi connectivity index (χ4v) is 3.75. The summed E-state index contributed by atoms with van der Waals surface area (Å²) in [6, 6.07) is 12.4. The number of nitro groups is 1. The molecular formula is C23H28N4O4. The van der Waals surface area contributed by atoms with Crippen molar-refractivity contribution in [2.75, 3.05) is 31.1 Å². The number of anilines is 1. The van der Waals surface area contributed by atoms with Gasteiger partial charge in [0.1, 0.15) is 5.69 Å². The fraction of sp³-hybridized carbons (Fsp3) is 0.391. The van der Waals surface area contributed by atoms with Crippen LogP contribution in [0, 0.1) is 10.1 Å². The van der Waals surface area contributed by atoms with Gasteiger partial charge in [-0.1, -0.05) is 31.2 Å². The summed E-state index contributed by atoms with van der Waals surface area (Å²) in [6.07, 6.45) is 0.945. The minimum atomic E-state index is -0.462. The lowest BCUT2D eigenvalue weighted by Gasteiger charge is -2.35. The molecule has 3 rings (SSSR count). The Balaban J connectivity index is 1.74. The van der Waals surface area contributed by atoms with Crippen molar-refractivity contribution >= 4 is 23.2 Å².